The Hall–Kier alpha value is -2.94. The van der Waals surface area contributed by atoms with Crippen molar-refractivity contribution in [2.45, 2.75) is 13.0 Å². The number of amides is 1. The van der Waals surface area contributed by atoms with Crippen LogP contribution in [0.15, 0.2) is 30.5 Å². The number of hydrogen-bond acceptors (Lipinski definition) is 5. The molecule has 1 fully saturated rings. The van der Waals surface area contributed by atoms with Crippen molar-refractivity contribution in [1.82, 2.24) is 15.2 Å². The summed E-state index contributed by atoms with van der Waals surface area (Å²) in [5.74, 6) is -2.39. The minimum Gasteiger partial charge on any atom is -0.329 e. The van der Waals surface area contributed by atoms with E-state index in [1.807, 2.05) is 0 Å². The van der Waals surface area contributed by atoms with Gasteiger partial charge in [-0.3, -0.25) is 19.9 Å². The number of pyridine rings is 1. The number of nitrogens with one attached hydrogen (secondary N) is 1. The molecule has 0 saturated carbocycles. The second-order valence-electron chi connectivity index (χ2n) is 5.98. The molecule has 0 radical (unpaired) electrons. The summed E-state index contributed by atoms with van der Waals surface area (Å²) < 4.78 is 26.8. The standard InChI is InChI=1S/C17H16F2N4O3/c1-10-13(7-12(8-21-10)23(25)26)17(24)22-5-4-20-9-16(22)11-2-3-14(18)15(19)6-11/h2-3,6-8,16,20H,4-5,9H2,1H3. The van der Waals surface area contributed by atoms with Crippen LogP contribution in [-0.4, -0.2) is 40.3 Å². The zero-order valence-corrected chi connectivity index (χ0v) is 13.9. The Morgan fingerprint density at radius 2 is 2.12 bits per heavy atom. The maximum absolute atomic E-state index is 13.6. The SMILES string of the molecule is Cc1ncc([N+](=O)[O-])cc1C(=O)N1CCNCC1c1ccc(F)c(F)c1. The largest absolute Gasteiger partial charge is 0.329 e. The van der Waals surface area contributed by atoms with Gasteiger partial charge in [0.2, 0.25) is 0 Å². The van der Waals surface area contributed by atoms with Crippen molar-refractivity contribution >= 4 is 11.6 Å². The lowest BCUT2D eigenvalue weighted by Crippen LogP contribution is -2.48. The maximum atomic E-state index is 13.6. The number of carbonyl (C=O) groups excluding carboxylic acids is 1. The molecule has 1 amide bonds. The summed E-state index contributed by atoms with van der Waals surface area (Å²) in [6.07, 6.45) is 1.09. The number of nitrogens with zero attached hydrogens (tertiary/aromatic N) is 3. The minimum absolute atomic E-state index is 0.119. The molecule has 2 heterocycles. The lowest BCUT2D eigenvalue weighted by molar-refractivity contribution is -0.385. The van der Waals surface area contributed by atoms with Gasteiger partial charge in [-0.15, -0.1) is 0 Å². The topological polar surface area (TPSA) is 88.4 Å². The zero-order valence-electron chi connectivity index (χ0n) is 13.9. The molecule has 0 bridgehead atoms. The molecule has 1 N–H and O–H groups in total. The van der Waals surface area contributed by atoms with Gasteiger partial charge in [0.25, 0.3) is 11.6 Å². The molecule has 0 aliphatic carbocycles. The van der Waals surface area contributed by atoms with E-state index in [1.165, 1.54) is 17.0 Å². The van der Waals surface area contributed by atoms with E-state index in [0.29, 0.717) is 30.9 Å². The van der Waals surface area contributed by atoms with Crippen molar-refractivity contribution in [1.29, 1.82) is 0 Å². The first-order valence-electron chi connectivity index (χ1n) is 7.96. The number of rotatable bonds is 3. The van der Waals surface area contributed by atoms with E-state index in [0.717, 1.165) is 18.3 Å². The predicted molar refractivity (Wildman–Crippen MR) is 88.6 cm³/mol. The average Bonchev–Trinajstić information content (AvgIpc) is 2.63. The van der Waals surface area contributed by atoms with Crippen LogP contribution >= 0.6 is 0 Å². The highest BCUT2D eigenvalue weighted by atomic mass is 19.2. The monoisotopic (exact) mass is 362 g/mol. The molecule has 1 unspecified atom stereocenters. The molecule has 9 heteroatoms. The molecule has 136 valence electrons. The van der Waals surface area contributed by atoms with Gasteiger partial charge in [0.15, 0.2) is 11.6 Å². The predicted octanol–water partition coefficient (Wildman–Crippen LogP) is 2.36. The van der Waals surface area contributed by atoms with Crippen LogP contribution in [0.3, 0.4) is 0 Å². The smallest absolute Gasteiger partial charge is 0.288 e. The van der Waals surface area contributed by atoms with E-state index >= 15 is 0 Å². The van der Waals surface area contributed by atoms with Crippen molar-refractivity contribution in [2.24, 2.45) is 0 Å². The van der Waals surface area contributed by atoms with E-state index in [4.69, 9.17) is 0 Å². The summed E-state index contributed by atoms with van der Waals surface area (Å²) in [5, 5.41) is 14.1. The van der Waals surface area contributed by atoms with E-state index < -0.39 is 28.5 Å². The lowest BCUT2D eigenvalue weighted by Gasteiger charge is -2.36. The molecule has 1 aromatic heterocycles. The third-order valence-electron chi connectivity index (χ3n) is 4.35. The Bertz CT molecular complexity index is 875. The third-order valence-corrected chi connectivity index (χ3v) is 4.35. The summed E-state index contributed by atoms with van der Waals surface area (Å²) in [6, 6.07) is 4.17. The van der Waals surface area contributed by atoms with Gasteiger partial charge in [-0.1, -0.05) is 6.07 Å². The van der Waals surface area contributed by atoms with Crippen LogP contribution < -0.4 is 5.32 Å². The summed E-state index contributed by atoms with van der Waals surface area (Å²) in [5.41, 5.74) is 0.649. The first-order valence-corrected chi connectivity index (χ1v) is 7.96. The normalized spacial score (nSPS) is 17.2. The first kappa shape index (κ1) is 17.9. The summed E-state index contributed by atoms with van der Waals surface area (Å²) in [7, 11) is 0. The number of carbonyl (C=O) groups is 1. The number of aromatic nitrogens is 1. The van der Waals surface area contributed by atoms with Crippen LogP contribution in [0.2, 0.25) is 0 Å². The van der Waals surface area contributed by atoms with E-state index in [1.54, 1.807) is 6.92 Å². The molecule has 0 spiro atoms. The summed E-state index contributed by atoms with van der Waals surface area (Å²) >= 11 is 0. The average molecular weight is 362 g/mol. The number of aryl methyl sites for hydroxylation is 1. The molecule has 2 aromatic rings. The van der Waals surface area contributed by atoms with Gasteiger partial charge in [0, 0.05) is 25.7 Å². The molecule has 1 saturated heterocycles. The van der Waals surface area contributed by atoms with Crippen molar-refractivity contribution in [2.75, 3.05) is 19.6 Å². The highest BCUT2D eigenvalue weighted by molar-refractivity contribution is 5.96. The first-order chi connectivity index (χ1) is 12.4. The van der Waals surface area contributed by atoms with Crippen molar-refractivity contribution in [3.63, 3.8) is 0 Å². The van der Waals surface area contributed by atoms with Crippen LogP contribution in [-0.2, 0) is 0 Å². The van der Waals surface area contributed by atoms with Crippen molar-refractivity contribution in [3.05, 3.63) is 69.0 Å². The third kappa shape index (κ3) is 3.38. The second-order valence-corrected chi connectivity index (χ2v) is 5.98. The van der Waals surface area contributed by atoms with Gasteiger partial charge < -0.3 is 10.2 Å². The van der Waals surface area contributed by atoms with E-state index in [9.17, 15) is 23.7 Å². The van der Waals surface area contributed by atoms with Gasteiger partial charge in [-0.05, 0) is 24.6 Å². The second kappa shape index (κ2) is 7.12. The Morgan fingerprint density at radius 3 is 2.81 bits per heavy atom. The molecular formula is C17H16F2N4O3. The zero-order chi connectivity index (χ0) is 18.8. The number of hydrogen-bond donors (Lipinski definition) is 1. The van der Waals surface area contributed by atoms with Crippen molar-refractivity contribution in [3.8, 4) is 0 Å². The number of piperazine rings is 1. The van der Waals surface area contributed by atoms with Gasteiger partial charge in [0.1, 0.15) is 6.20 Å². The highest BCUT2D eigenvalue weighted by Gasteiger charge is 2.31. The van der Waals surface area contributed by atoms with Crippen LogP contribution in [0, 0.1) is 28.7 Å². The molecule has 1 atom stereocenters. The fourth-order valence-corrected chi connectivity index (χ4v) is 2.96. The van der Waals surface area contributed by atoms with Crippen LogP contribution in [0.25, 0.3) is 0 Å². The van der Waals surface area contributed by atoms with Crippen LogP contribution in [0.5, 0.6) is 0 Å². The van der Waals surface area contributed by atoms with Gasteiger partial charge in [0.05, 0.1) is 22.2 Å². The molecule has 1 aromatic carbocycles. The molecule has 7 nitrogen and oxygen atoms in total. The van der Waals surface area contributed by atoms with Crippen LogP contribution in [0.4, 0.5) is 14.5 Å². The molecular weight excluding hydrogens is 346 g/mol. The Balaban J connectivity index is 1.97. The maximum Gasteiger partial charge on any atom is 0.288 e. The minimum atomic E-state index is -0.992. The molecule has 1 aliphatic rings. The Morgan fingerprint density at radius 1 is 1.35 bits per heavy atom. The molecule has 26 heavy (non-hydrogen) atoms. The summed E-state index contributed by atoms with van der Waals surface area (Å²) in [4.78, 5) is 28.8. The van der Waals surface area contributed by atoms with Crippen molar-refractivity contribution < 1.29 is 18.5 Å². The number of nitro groups is 1. The number of halogens is 2. The fraction of sp³-hybridized carbons (Fsp3) is 0.294. The van der Waals surface area contributed by atoms with Gasteiger partial charge >= 0.3 is 0 Å². The fourth-order valence-electron chi connectivity index (χ4n) is 2.96. The van der Waals surface area contributed by atoms with E-state index in [-0.39, 0.29) is 11.3 Å². The lowest BCUT2D eigenvalue weighted by atomic mass is 10.0. The quantitative estimate of drug-likeness (QED) is 0.669. The molecule has 1 aliphatic heterocycles. The van der Waals surface area contributed by atoms with Crippen LogP contribution in [0.1, 0.15) is 27.7 Å². The van der Waals surface area contributed by atoms with Gasteiger partial charge in [-0.2, -0.15) is 0 Å². The highest BCUT2D eigenvalue weighted by Crippen LogP contribution is 2.27. The molecule has 3 rings (SSSR count). The Labute approximate surface area is 147 Å². The van der Waals surface area contributed by atoms with Gasteiger partial charge in [-0.25, -0.2) is 8.78 Å². The van der Waals surface area contributed by atoms with E-state index in [2.05, 4.69) is 10.3 Å². The Kier molecular flexibility index (Phi) is 4.90. The number of benzene rings is 1. The summed E-state index contributed by atoms with van der Waals surface area (Å²) in [6.45, 7) is 2.79.